The highest BCUT2D eigenvalue weighted by atomic mass is 32.1. The lowest BCUT2D eigenvalue weighted by Gasteiger charge is -2.20. The van der Waals surface area contributed by atoms with E-state index in [1.807, 2.05) is 0 Å². The van der Waals surface area contributed by atoms with Crippen LogP contribution in [0.4, 0.5) is 13.2 Å². The van der Waals surface area contributed by atoms with Crippen LogP contribution in [0.25, 0.3) is 0 Å². The number of carbonyl (C=O) groups is 1. The Morgan fingerprint density at radius 2 is 2.24 bits per heavy atom. The molecule has 0 bridgehead atoms. The maximum absolute atomic E-state index is 12.6. The van der Waals surface area contributed by atoms with Crippen molar-refractivity contribution >= 4 is 17.3 Å². The summed E-state index contributed by atoms with van der Waals surface area (Å²) in [5, 5.41) is 1.77. The van der Waals surface area contributed by atoms with Gasteiger partial charge in [0.15, 0.2) is 6.10 Å². The third kappa shape index (κ3) is 3.46. The molecule has 0 radical (unpaired) electrons. The summed E-state index contributed by atoms with van der Waals surface area (Å²) >= 11 is 1.33. The predicted molar refractivity (Wildman–Crippen MR) is 56.7 cm³/mol. The van der Waals surface area contributed by atoms with Gasteiger partial charge < -0.3 is 4.74 Å². The number of esters is 1. The molecule has 2 rings (SSSR count). The molecule has 1 fully saturated rings. The van der Waals surface area contributed by atoms with Crippen molar-refractivity contribution in [3.05, 3.63) is 22.4 Å². The van der Waals surface area contributed by atoms with Crippen LogP contribution in [0.3, 0.4) is 0 Å². The minimum absolute atomic E-state index is 0.0863. The monoisotopic (exact) mass is 264 g/mol. The highest BCUT2D eigenvalue weighted by molar-refractivity contribution is 7.10. The van der Waals surface area contributed by atoms with Gasteiger partial charge in [0.2, 0.25) is 0 Å². The predicted octanol–water partition coefficient (Wildman–Crippen LogP) is 3.17. The fourth-order valence-corrected chi connectivity index (χ4v) is 2.26. The number of thiophene rings is 1. The molecular formula is C11H11F3O2S. The molecule has 0 aromatic carbocycles. The highest BCUT2D eigenvalue weighted by Gasteiger charge is 2.51. The van der Waals surface area contributed by atoms with Gasteiger partial charge in [0.1, 0.15) is 0 Å². The molecule has 94 valence electrons. The van der Waals surface area contributed by atoms with Gasteiger partial charge in [-0.3, -0.25) is 4.79 Å². The van der Waals surface area contributed by atoms with E-state index in [2.05, 4.69) is 4.74 Å². The van der Waals surface area contributed by atoms with Gasteiger partial charge in [-0.1, -0.05) is 6.07 Å². The lowest BCUT2D eigenvalue weighted by molar-refractivity contribution is -0.226. The van der Waals surface area contributed by atoms with E-state index in [4.69, 9.17) is 0 Å². The van der Waals surface area contributed by atoms with Crippen molar-refractivity contribution in [1.82, 2.24) is 0 Å². The van der Waals surface area contributed by atoms with Gasteiger partial charge in [0, 0.05) is 10.8 Å². The Morgan fingerprint density at radius 1 is 1.53 bits per heavy atom. The van der Waals surface area contributed by atoms with Crippen LogP contribution < -0.4 is 0 Å². The van der Waals surface area contributed by atoms with E-state index in [-0.39, 0.29) is 6.42 Å². The van der Waals surface area contributed by atoms with E-state index in [1.165, 1.54) is 11.3 Å². The van der Waals surface area contributed by atoms with E-state index >= 15 is 0 Å². The van der Waals surface area contributed by atoms with Crippen LogP contribution in [-0.2, 0) is 16.0 Å². The molecule has 1 saturated carbocycles. The van der Waals surface area contributed by atoms with Crippen molar-refractivity contribution in [2.45, 2.75) is 31.5 Å². The van der Waals surface area contributed by atoms with E-state index in [9.17, 15) is 18.0 Å². The summed E-state index contributed by atoms with van der Waals surface area (Å²) in [7, 11) is 0. The second-order valence-electron chi connectivity index (χ2n) is 4.05. The van der Waals surface area contributed by atoms with Gasteiger partial charge in [-0.2, -0.15) is 13.2 Å². The topological polar surface area (TPSA) is 26.3 Å². The number of carbonyl (C=O) groups excluding carboxylic acids is 1. The minimum atomic E-state index is -4.45. The number of halogens is 3. The average molecular weight is 264 g/mol. The quantitative estimate of drug-likeness (QED) is 0.781. The molecule has 17 heavy (non-hydrogen) atoms. The first-order valence-electron chi connectivity index (χ1n) is 5.25. The Morgan fingerprint density at radius 3 is 2.71 bits per heavy atom. The number of ether oxygens (including phenoxy) is 1. The van der Waals surface area contributed by atoms with Crippen LogP contribution in [0.2, 0.25) is 0 Å². The Hall–Kier alpha value is -1.04. The van der Waals surface area contributed by atoms with Crippen LogP contribution in [0.5, 0.6) is 0 Å². The number of hydrogen-bond acceptors (Lipinski definition) is 3. The average Bonchev–Trinajstić information content (AvgIpc) is 2.92. The Kier molecular flexibility index (Phi) is 3.42. The van der Waals surface area contributed by atoms with Crippen molar-refractivity contribution in [3.63, 3.8) is 0 Å². The van der Waals surface area contributed by atoms with Crippen molar-refractivity contribution in [3.8, 4) is 0 Å². The summed E-state index contributed by atoms with van der Waals surface area (Å²) in [4.78, 5) is 12.1. The zero-order chi connectivity index (χ0) is 12.5. The first-order valence-corrected chi connectivity index (χ1v) is 6.13. The van der Waals surface area contributed by atoms with Crippen molar-refractivity contribution in [2.75, 3.05) is 0 Å². The lowest BCUT2D eigenvalue weighted by atomic mass is 10.2. The van der Waals surface area contributed by atoms with Gasteiger partial charge in [-0.15, -0.1) is 11.3 Å². The summed E-state index contributed by atoms with van der Waals surface area (Å²) in [6, 6.07) is 3.45. The van der Waals surface area contributed by atoms with Crippen molar-refractivity contribution in [2.24, 2.45) is 5.92 Å². The molecule has 0 saturated heterocycles. The molecule has 1 heterocycles. The van der Waals surface area contributed by atoms with Crippen molar-refractivity contribution < 1.29 is 22.7 Å². The molecule has 1 aliphatic rings. The molecular weight excluding hydrogens is 253 g/mol. The molecule has 2 nitrogen and oxygen atoms in total. The fourth-order valence-electron chi connectivity index (χ4n) is 1.57. The largest absolute Gasteiger partial charge is 0.452 e. The van der Waals surface area contributed by atoms with Crippen LogP contribution >= 0.6 is 11.3 Å². The standard InChI is InChI=1S/C11H11F3O2S/c12-11(13,14)10(7-3-4-7)16-9(15)6-8-2-1-5-17-8/h1-2,5,7,10H,3-4,6H2. The van der Waals surface area contributed by atoms with Gasteiger partial charge >= 0.3 is 12.1 Å². The smallest absolute Gasteiger partial charge is 0.425 e. The molecule has 1 aromatic heterocycles. The highest BCUT2D eigenvalue weighted by Crippen LogP contribution is 2.42. The molecule has 1 unspecified atom stereocenters. The normalized spacial score (nSPS) is 17.8. The summed E-state index contributed by atoms with van der Waals surface area (Å²) in [6.07, 6.45) is -5.49. The van der Waals surface area contributed by atoms with Crippen LogP contribution in [0.15, 0.2) is 17.5 Å². The fraction of sp³-hybridized carbons (Fsp3) is 0.545. The third-order valence-electron chi connectivity index (χ3n) is 2.53. The number of hydrogen-bond donors (Lipinski definition) is 0. The maximum Gasteiger partial charge on any atom is 0.425 e. The van der Waals surface area contributed by atoms with Crippen LogP contribution in [0, 0.1) is 5.92 Å². The Bertz CT molecular complexity index is 382. The zero-order valence-corrected chi connectivity index (χ0v) is 9.68. The van der Waals surface area contributed by atoms with E-state index in [0.717, 1.165) is 0 Å². The summed E-state index contributed by atoms with van der Waals surface area (Å²) in [5.41, 5.74) is 0. The van der Waals surface area contributed by atoms with Gasteiger partial charge in [-0.25, -0.2) is 0 Å². The van der Waals surface area contributed by atoms with Crippen LogP contribution in [0.1, 0.15) is 17.7 Å². The molecule has 0 aliphatic heterocycles. The SMILES string of the molecule is O=C(Cc1cccs1)OC(C1CC1)C(F)(F)F. The van der Waals surface area contributed by atoms with Crippen molar-refractivity contribution in [1.29, 1.82) is 0 Å². The Balaban J connectivity index is 1.92. The van der Waals surface area contributed by atoms with Gasteiger partial charge in [0.05, 0.1) is 6.42 Å². The molecule has 0 amide bonds. The molecule has 1 aliphatic carbocycles. The maximum atomic E-state index is 12.6. The Labute approximate surface area is 100 Å². The summed E-state index contributed by atoms with van der Waals surface area (Å²) < 4.78 is 42.3. The first-order chi connectivity index (χ1) is 7.97. The number of rotatable bonds is 4. The summed E-state index contributed by atoms with van der Waals surface area (Å²) in [6.45, 7) is 0. The molecule has 0 spiro atoms. The van der Waals surface area contributed by atoms with Crippen LogP contribution in [-0.4, -0.2) is 18.2 Å². The second kappa shape index (κ2) is 4.68. The minimum Gasteiger partial charge on any atom is -0.452 e. The lowest BCUT2D eigenvalue weighted by Crippen LogP contribution is -2.36. The number of alkyl halides is 3. The van der Waals surface area contributed by atoms with E-state index in [0.29, 0.717) is 17.7 Å². The first kappa shape index (κ1) is 12.4. The van der Waals surface area contributed by atoms with Gasteiger partial charge in [-0.05, 0) is 24.3 Å². The third-order valence-corrected chi connectivity index (χ3v) is 3.41. The molecule has 1 atom stereocenters. The second-order valence-corrected chi connectivity index (χ2v) is 5.08. The van der Waals surface area contributed by atoms with Gasteiger partial charge in [0.25, 0.3) is 0 Å². The van der Waals surface area contributed by atoms with E-state index in [1.54, 1.807) is 17.5 Å². The molecule has 1 aromatic rings. The zero-order valence-electron chi connectivity index (χ0n) is 8.87. The molecule has 0 N–H and O–H groups in total. The van der Waals surface area contributed by atoms with E-state index < -0.39 is 24.2 Å². The molecule has 6 heteroatoms. The summed E-state index contributed by atoms with van der Waals surface area (Å²) in [5.74, 6) is -1.34.